The Morgan fingerprint density at radius 1 is 1.36 bits per heavy atom. The zero-order valence-electron chi connectivity index (χ0n) is 20.3. The Balaban J connectivity index is 1.46. The number of methoxy groups -OCH3 is 1. The molecule has 11 heteroatoms. The van der Waals surface area contributed by atoms with Crippen LogP contribution in [-0.2, 0) is 28.9 Å². The fourth-order valence-corrected chi connectivity index (χ4v) is 6.27. The zero-order chi connectivity index (χ0) is 25.8. The number of aromatic nitrogens is 3. The number of amides is 1. The van der Waals surface area contributed by atoms with Crippen LogP contribution in [0.5, 0.6) is 5.75 Å². The van der Waals surface area contributed by atoms with E-state index in [1.54, 1.807) is 12.1 Å². The van der Waals surface area contributed by atoms with Gasteiger partial charge in [-0.3, -0.25) is 9.36 Å². The molecule has 0 saturated heterocycles. The Morgan fingerprint density at radius 3 is 2.92 bits per heavy atom. The lowest BCUT2D eigenvalue weighted by molar-refractivity contribution is -0.113. The Labute approximate surface area is 223 Å². The zero-order valence-corrected chi connectivity index (χ0v) is 22.7. The van der Waals surface area contributed by atoms with Gasteiger partial charge in [0.25, 0.3) is 0 Å². The fourth-order valence-electron chi connectivity index (χ4n) is 4.06. The quantitative estimate of drug-likeness (QED) is 0.200. The van der Waals surface area contributed by atoms with E-state index < -0.39 is 12.1 Å². The van der Waals surface area contributed by atoms with E-state index in [9.17, 15) is 9.59 Å². The van der Waals surface area contributed by atoms with Gasteiger partial charge in [0.1, 0.15) is 10.8 Å². The number of hydrogen-bond donors (Lipinski definition) is 1. The Kier molecular flexibility index (Phi) is 8.38. The highest BCUT2D eigenvalue weighted by atomic mass is 35.5. The average Bonchev–Trinajstić information content (AvgIpc) is 3.54. The monoisotopic (exact) mass is 546 g/mol. The van der Waals surface area contributed by atoms with Crippen molar-refractivity contribution >= 4 is 51.6 Å². The standard InChI is InChI=1S/C25H27ClN4O4S2/c1-5-11-30-22(15(3)34-18-12-14(2)9-10-17(18)26)28-29-25(30)35-13-20(31)27-23-21(24(32)33-4)16-7-6-8-19(16)36-23/h5,9-10,12,15H,1,6-8,11,13H2,2-4H3,(H,27,31). The molecule has 1 aliphatic carbocycles. The number of nitrogens with zero attached hydrogens (tertiary/aromatic N) is 3. The predicted molar refractivity (Wildman–Crippen MR) is 142 cm³/mol. The molecule has 1 N–H and O–H groups in total. The minimum absolute atomic E-state index is 0.0946. The van der Waals surface area contributed by atoms with Gasteiger partial charge >= 0.3 is 5.97 Å². The average molecular weight is 547 g/mol. The number of benzene rings is 1. The molecule has 8 nitrogen and oxygen atoms in total. The second kappa shape index (κ2) is 11.5. The van der Waals surface area contributed by atoms with Gasteiger partial charge in [0.05, 0.1) is 23.4 Å². The van der Waals surface area contributed by atoms with Crippen LogP contribution in [0.4, 0.5) is 5.00 Å². The van der Waals surface area contributed by atoms with Gasteiger partial charge in [-0.05, 0) is 56.4 Å². The maximum Gasteiger partial charge on any atom is 0.341 e. The highest BCUT2D eigenvalue weighted by Crippen LogP contribution is 2.39. The van der Waals surface area contributed by atoms with Crippen molar-refractivity contribution < 1.29 is 19.1 Å². The van der Waals surface area contributed by atoms with Gasteiger partial charge < -0.3 is 14.8 Å². The summed E-state index contributed by atoms with van der Waals surface area (Å²) in [6.45, 7) is 8.11. The first kappa shape index (κ1) is 26.2. The van der Waals surface area contributed by atoms with Crippen LogP contribution in [-0.4, -0.2) is 39.5 Å². The lowest BCUT2D eigenvalue weighted by atomic mass is 10.1. The molecule has 190 valence electrons. The predicted octanol–water partition coefficient (Wildman–Crippen LogP) is 5.63. The van der Waals surface area contributed by atoms with Gasteiger partial charge in [0.15, 0.2) is 17.1 Å². The molecule has 0 bridgehead atoms. The van der Waals surface area contributed by atoms with E-state index >= 15 is 0 Å². The third-order valence-electron chi connectivity index (χ3n) is 5.71. The number of carbonyl (C=O) groups is 2. The normalized spacial score (nSPS) is 13.2. The van der Waals surface area contributed by atoms with Crippen molar-refractivity contribution in [2.24, 2.45) is 0 Å². The van der Waals surface area contributed by atoms with Gasteiger partial charge in [-0.1, -0.05) is 35.5 Å². The maximum atomic E-state index is 12.8. The lowest BCUT2D eigenvalue weighted by Gasteiger charge is -2.17. The summed E-state index contributed by atoms with van der Waals surface area (Å²) in [5, 5.41) is 13.1. The Bertz CT molecular complexity index is 1300. The molecular formula is C25H27ClN4O4S2. The maximum absolute atomic E-state index is 12.8. The van der Waals surface area contributed by atoms with Crippen LogP contribution >= 0.6 is 34.7 Å². The van der Waals surface area contributed by atoms with Crippen LogP contribution in [0.25, 0.3) is 0 Å². The summed E-state index contributed by atoms with van der Waals surface area (Å²) in [7, 11) is 1.35. The van der Waals surface area contributed by atoms with E-state index in [4.69, 9.17) is 21.1 Å². The first-order chi connectivity index (χ1) is 17.3. The number of thiophene rings is 1. The molecule has 0 spiro atoms. The largest absolute Gasteiger partial charge is 0.481 e. The summed E-state index contributed by atoms with van der Waals surface area (Å²) in [5.41, 5.74) is 2.50. The fraction of sp³-hybridized carbons (Fsp3) is 0.360. The molecule has 0 radical (unpaired) electrons. The van der Waals surface area contributed by atoms with Gasteiger partial charge in [0, 0.05) is 11.4 Å². The van der Waals surface area contributed by atoms with E-state index in [0.717, 1.165) is 35.3 Å². The van der Waals surface area contributed by atoms with Crippen molar-refractivity contribution in [1.29, 1.82) is 0 Å². The van der Waals surface area contributed by atoms with Crippen LogP contribution in [0, 0.1) is 6.92 Å². The van der Waals surface area contributed by atoms with Crippen molar-refractivity contribution in [3.8, 4) is 5.75 Å². The lowest BCUT2D eigenvalue weighted by Crippen LogP contribution is -2.17. The van der Waals surface area contributed by atoms with Crippen molar-refractivity contribution in [2.45, 2.75) is 50.9 Å². The number of nitrogens with one attached hydrogen (secondary N) is 1. The third kappa shape index (κ3) is 5.61. The first-order valence-corrected chi connectivity index (χ1v) is 13.6. The number of hydrogen-bond acceptors (Lipinski definition) is 8. The van der Waals surface area contributed by atoms with Crippen molar-refractivity contribution in [1.82, 2.24) is 14.8 Å². The second-order valence-electron chi connectivity index (χ2n) is 8.32. The van der Waals surface area contributed by atoms with Crippen LogP contribution in [0.15, 0.2) is 36.0 Å². The van der Waals surface area contributed by atoms with Crippen LogP contribution in [0.3, 0.4) is 0 Å². The summed E-state index contributed by atoms with van der Waals surface area (Å²) in [5.74, 6) is 0.594. The van der Waals surface area contributed by atoms with Gasteiger partial charge in [-0.25, -0.2) is 4.79 Å². The van der Waals surface area contributed by atoms with E-state index in [1.165, 1.54) is 30.2 Å². The smallest absolute Gasteiger partial charge is 0.341 e. The van der Waals surface area contributed by atoms with E-state index in [1.807, 2.05) is 30.5 Å². The molecular weight excluding hydrogens is 520 g/mol. The topological polar surface area (TPSA) is 95.3 Å². The first-order valence-electron chi connectivity index (χ1n) is 11.4. The number of esters is 1. The molecule has 0 saturated carbocycles. The highest BCUT2D eigenvalue weighted by Gasteiger charge is 2.28. The van der Waals surface area contributed by atoms with E-state index in [2.05, 4.69) is 22.1 Å². The molecule has 1 amide bonds. The number of carbonyl (C=O) groups excluding carboxylic acids is 2. The summed E-state index contributed by atoms with van der Waals surface area (Å²) >= 11 is 8.99. The molecule has 4 rings (SSSR count). The number of rotatable bonds is 10. The molecule has 2 aromatic heterocycles. The summed E-state index contributed by atoms with van der Waals surface area (Å²) in [6.07, 6.45) is 4.04. The Hall–Kier alpha value is -2.82. The SMILES string of the molecule is C=CCn1c(SCC(=O)Nc2sc3c(c2C(=O)OC)CCC3)nnc1C(C)Oc1cc(C)ccc1Cl. The van der Waals surface area contributed by atoms with Crippen LogP contribution in [0.2, 0.25) is 5.02 Å². The second-order valence-corrected chi connectivity index (χ2v) is 10.8. The van der Waals surface area contributed by atoms with Gasteiger partial charge in [-0.2, -0.15) is 0 Å². The number of aryl methyl sites for hydroxylation is 2. The van der Waals surface area contributed by atoms with Crippen molar-refractivity contribution in [3.63, 3.8) is 0 Å². The third-order valence-corrected chi connectivity index (χ3v) is 8.19. The molecule has 0 aliphatic heterocycles. The highest BCUT2D eigenvalue weighted by molar-refractivity contribution is 7.99. The number of halogens is 1. The Morgan fingerprint density at radius 2 is 2.17 bits per heavy atom. The van der Waals surface area contributed by atoms with Crippen molar-refractivity contribution in [3.05, 3.63) is 63.3 Å². The summed E-state index contributed by atoms with van der Waals surface area (Å²) in [4.78, 5) is 26.3. The van der Waals surface area contributed by atoms with Gasteiger partial charge in [0.2, 0.25) is 5.91 Å². The molecule has 1 aliphatic rings. The summed E-state index contributed by atoms with van der Waals surface area (Å²) < 4.78 is 12.9. The molecule has 2 heterocycles. The number of allylic oxidation sites excluding steroid dienone is 1. The number of anilines is 1. The minimum Gasteiger partial charge on any atom is -0.481 e. The van der Waals surface area contributed by atoms with Crippen molar-refractivity contribution in [2.75, 3.05) is 18.2 Å². The number of ether oxygens (including phenoxy) is 2. The molecule has 36 heavy (non-hydrogen) atoms. The molecule has 1 aromatic carbocycles. The van der Waals surface area contributed by atoms with Crippen LogP contribution in [0.1, 0.15) is 51.6 Å². The molecule has 1 unspecified atom stereocenters. The molecule has 1 atom stereocenters. The number of thioether (sulfide) groups is 1. The van der Waals surface area contributed by atoms with Crippen LogP contribution < -0.4 is 10.1 Å². The van der Waals surface area contributed by atoms with E-state index in [-0.39, 0.29) is 11.7 Å². The molecule has 3 aromatic rings. The van der Waals surface area contributed by atoms with E-state index in [0.29, 0.717) is 38.9 Å². The number of fused-ring (bicyclic) bond motifs is 1. The van der Waals surface area contributed by atoms with Gasteiger partial charge in [-0.15, -0.1) is 28.1 Å². The minimum atomic E-state index is -0.434. The summed E-state index contributed by atoms with van der Waals surface area (Å²) in [6, 6.07) is 5.58. The molecule has 0 fully saturated rings.